The first-order chi connectivity index (χ1) is 12.7. The van der Waals surface area contributed by atoms with Gasteiger partial charge in [0.1, 0.15) is 0 Å². The molecule has 0 saturated carbocycles. The van der Waals surface area contributed by atoms with Crippen molar-refractivity contribution in [1.29, 1.82) is 0 Å². The molecule has 1 amide bonds. The molecule has 136 valence electrons. The van der Waals surface area contributed by atoms with Gasteiger partial charge in [0.15, 0.2) is 0 Å². The Morgan fingerprint density at radius 2 is 1.73 bits per heavy atom. The van der Waals surface area contributed by atoms with Crippen LogP contribution in [0.5, 0.6) is 0 Å². The Hall–Kier alpha value is -2.13. The topological polar surface area (TPSA) is 40.5 Å². The number of amides is 1. The van der Waals surface area contributed by atoms with E-state index in [9.17, 15) is 9.90 Å². The lowest BCUT2D eigenvalue weighted by Crippen LogP contribution is -2.45. The van der Waals surface area contributed by atoms with E-state index in [1.807, 2.05) is 35.2 Å². The Balaban J connectivity index is 1.39. The maximum Gasteiger partial charge on any atom is 0.223 e. The molecule has 1 aliphatic carbocycles. The predicted octanol–water partition coefficient (Wildman–Crippen LogP) is 4.01. The number of hydrogen-bond donors (Lipinski definition) is 1. The zero-order valence-electron chi connectivity index (χ0n) is 15.2. The largest absolute Gasteiger partial charge is 0.385 e. The zero-order valence-corrected chi connectivity index (χ0v) is 15.2. The van der Waals surface area contributed by atoms with E-state index in [0.717, 1.165) is 18.4 Å². The van der Waals surface area contributed by atoms with Gasteiger partial charge in [-0.1, -0.05) is 54.6 Å². The van der Waals surface area contributed by atoms with Gasteiger partial charge in [-0.25, -0.2) is 0 Å². The monoisotopic (exact) mass is 349 g/mol. The van der Waals surface area contributed by atoms with Crippen LogP contribution < -0.4 is 0 Å². The molecule has 1 aliphatic heterocycles. The molecule has 1 N–H and O–H groups in total. The molecule has 1 saturated heterocycles. The number of carbonyl (C=O) groups is 1. The van der Waals surface area contributed by atoms with Crippen molar-refractivity contribution in [2.75, 3.05) is 13.1 Å². The van der Waals surface area contributed by atoms with E-state index in [4.69, 9.17) is 0 Å². The minimum absolute atomic E-state index is 0.238. The zero-order chi connectivity index (χ0) is 18.0. The number of rotatable bonds is 3. The van der Waals surface area contributed by atoms with Crippen LogP contribution in [-0.2, 0) is 16.8 Å². The molecule has 1 heterocycles. The highest BCUT2D eigenvalue weighted by Crippen LogP contribution is 2.36. The quantitative estimate of drug-likeness (QED) is 0.910. The van der Waals surface area contributed by atoms with Crippen LogP contribution in [0.1, 0.15) is 54.7 Å². The summed E-state index contributed by atoms with van der Waals surface area (Å²) in [6, 6.07) is 18.4. The van der Waals surface area contributed by atoms with Crippen molar-refractivity contribution in [3.05, 3.63) is 71.3 Å². The summed E-state index contributed by atoms with van der Waals surface area (Å²) >= 11 is 0. The van der Waals surface area contributed by atoms with Crippen molar-refractivity contribution >= 4 is 5.91 Å². The van der Waals surface area contributed by atoms with Gasteiger partial charge in [0.2, 0.25) is 5.91 Å². The van der Waals surface area contributed by atoms with E-state index in [-0.39, 0.29) is 5.91 Å². The van der Waals surface area contributed by atoms with Crippen molar-refractivity contribution in [3.63, 3.8) is 0 Å². The lowest BCUT2D eigenvalue weighted by Gasteiger charge is -2.39. The van der Waals surface area contributed by atoms with Crippen LogP contribution in [0.25, 0.3) is 0 Å². The molecule has 2 aromatic rings. The Labute approximate surface area is 155 Å². The summed E-state index contributed by atoms with van der Waals surface area (Å²) in [5.74, 6) is 0.587. The van der Waals surface area contributed by atoms with E-state index in [1.54, 1.807) is 0 Å². The second-order valence-electron chi connectivity index (χ2n) is 7.77. The van der Waals surface area contributed by atoms with Crippen LogP contribution in [-0.4, -0.2) is 29.0 Å². The Bertz CT molecular complexity index is 763. The fraction of sp³-hybridized carbons (Fsp3) is 0.435. The lowest BCUT2D eigenvalue weighted by molar-refractivity contribution is -0.136. The van der Waals surface area contributed by atoms with E-state index >= 15 is 0 Å². The van der Waals surface area contributed by atoms with Crippen LogP contribution in [0.4, 0.5) is 0 Å². The van der Waals surface area contributed by atoms with Gasteiger partial charge in [-0.05, 0) is 54.7 Å². The average molecular weight is 349 g/mol. The smallest absolute Gasteiger partial charge is 0.223 e. The third-order valence-electron chi connectivity index (χ3n) is 6.17. The molecule has 3 heteroatoms. The predicted molar refractivity (Wildman–Crippen MR) is 103 cm³/mol. The first-order valence-electron chi connectivity index (χ1n) is 9.79. The lowest BCUT2D eigenvalue weighted by atomic mass is 9.80. The average Bonchev–Trinajstić information content (AvgIpc) is 2.69. The maximum atomic E-state index is 12.9. The van der Waals surface area contributed by atoms with Crippen LogP contribution in [0.2, 0.25) is 0 Å². The first-order valence-corrected chi connectivity index (χ1v) is 9.79. The first kappa shape index (κ1) is 17.3. The molecule has 1 fully saturated rings. The molecular weight excluding hydrogens is 322 g/mol. The molecule has 1 atom stereocenters. The molecule has 2 aromatic carbocycles. The van der Waals surface area contributed by atoms with Crippen molar-refractivity contribution in [2.24, 2.45) is 0 Å². The van der Waals surface area contributed by atoms with Gasteiger partial charge in [-0.15, -0.1) is 0 Å². The van der Waals surface area contributed by atoms with Crippen molar-refractivity contribution in [3.8, 4) is 0 Å². The highest BCUT2D eigenvalue weighted by Gasteiger charge is 2.36. The summed E-state index contributed by atoms with van der Waals surface area (Å²) in [7, 11) is 0. The number of piperidine rings is 1. The third-order valence-corrected chi connectivity index (χ3v) is 6.17. The number of nitrogens with zero attached hydrogens (tertiary/aromatic N) is 1. The molecule has 0 bridgehead atoms. The summed E-state index contributed by atoms with van der Waals surface area (Å²) < 4.78 is 0. The number of carbonyl (C=O) groups excluding carboxylic acids is 1. The van der Waals surface area contributed by atoms with Crippen LogP contribution in [0.3, 0.4) is 0 Å². The summed E-state index contributed by atoms with van der Waals surface area (Å²) in [6.07, 6.45) is 5.23. The molecule has 0 spiro atoms. The molecule has 2 aliphatic rings. The fourth-order valence-electron chi connectivity index (χ4n) is 4.57. The van der Waals surface area contributed by atoms with Crippen LogP contribution in [0.15, 0.2) is 54.6 Å². The van der Waals surface area contributed by atoms with Crippen molar-refractivity contribution in [2.45, 2.75) is 50.0 Å². The number of likely N-dealkylation sites (tertiary alicyclic amines) is 1. The van der Waals surface area contributed by atoms with E-state index in [2.05, 4.69) is 24.3 Å². The highest BCUT2D eigenvalue weighted by atomic mass is 16.3. The molecule has 4 rings (SSSR count). The normalized spacial score (nSPS) is 21.9. The minimum atomic E-state index is -0.796. The SMILES string of the molecule is O=C(C[C@@H]1CCCc2ccccc21)N1CCC(O)(c2ccccc2)CC1. The van der Waals surface area contributed by atoms with Gasteiger partial charge >= 0.3 is 0 Å². The number of aliphatic hydroxyl groups is 1. The number of aryl methyl sites for hydroxylation is 1. The van der Waals surface area contributed by atoms with Crippen molar-refractivity contribution in [1.82, 2.24) is 4.90 Å². The Morgan fingerprint density at radius 1 is 1.04 bits per heavy atom. The summed E-state index contributed by atoms with van der Waals surface area (Å²) in [4.78, 5) is 14.8. The van der Waals surface area contributed by atoms with Crippen LogP contribution in [0, 0.1) is 0 Å². The molecule has 0 aromatic heterocycles. The van der Waals surface area contributed by atoms with Gasteiger partial charge in [0.05, 0.1) is 5.60 Å². The van der Waals surface area contributed by atoms with Crippen molar-refractivity contribution < 1.29 is 9.90 Å². The summed E-state index contributed by atoms with van der Waals surface area (Å²) in [5.41, 5.74) is 2.95. The number of fused-ring (bicyclic) bond motifs is 1. The number of hydrogen-bond acceptors (Lipinski definition) is 2. The summed E-state index contributed by atoms with van der Waals surface area (Å²) in [6.45, 7) is 1.27. The van der Waals surface area contributed by atoms with E-state index in [0.29, 0.717) is 38.3 Å². The third kappa shape index (κ3) is 3.41. The Morgan fingerprint density at radius 3 is 2.50 bits per heavy atom. The number of benzene rings is 2. The molecule has 0 unspecified atom stereocenters. The van der Waals surface area contributed by atoms with Gasteiger partial charge in [-0.3, -0.25) is 4.79 Å². The fourth-order valence-corrected chi connectivity index (χ4v) is 4.57. The summed E-state index contributed by atoms with van der Waals surface area (Å²) in [5, 5.41) is 11.0. The maximum absolute atomic E-state index is 12.9. The second kappa shape index (κ2) is 7.24. The molecule has 0 radical (unpaired) electrons. The van der Waals surface area contributed by atoms with E-state index < -0.39 is 5.60 Å². The van der Waals surface area contributed by atoms with Gasteiger partial charge in [-0.2, -0.15) is 0 Å². The van der Waals surface area contributed by atoms with E-state index in [1.165, 1.54) is 17.5 Å². The molecular formula is C23H27NO2. The van der Waals surface area contributed by atoms with Crippen LogP contribution >= 0.6 is 0 Å². The van der Waals surface area contributed by atoms with Gasteiger partial charge < -0.3 is 10.0 Å². The molecule has 26 heavy (non-hydrogen) atoms. The minimum Gasteiger partial charge on any atom is -0.385 e. The Kier molecular flexibility index (Phi) is 4.82. The van der Waals surface area contributed by atoms with Gasteiger partial charge in [0, 0.05) is 19.5 Å². The molecule has 3 nitrogen and oxygen atoms in total. The second-order valence-corrected chi connectivity index (χ2v) is 7.77. The van der Waals surface area contributed by atoms with Gasteiger partial charge in [0.25, 0.3) is 0 Å². The standard InChI is InChI=1S/C23H27NO2/c25-22(17-19-9-6-8-18-7-4-5-12-21(18)19)24-15-13-23(26,14-16-24)20-10-2-1-3-11-20/h1-5,7,10-12,19,26H,6,8-9,13-17H2/t19-/m0/s1. The highest BCUT2D eigenvalue weighted by molar-refractivity contribution is 5.77.